The zero-order valence-electron chi connectivity index (χ0n) is 11.0. The monoisotopic (exact) mass is 296 g/mol. The van der Waals surface area contributed by atoms with E-state index in [1.54, 1.807) is 12.1 Å². The summed E-state index contributed by atoms with van der Waals surface area (Å²) in [6, 6.07) is 6.51. The third kappa shape index (κ3) is 2.33. The Bertz CT molecular complexity index is 622. The van der Waals surface area contributed by atoms with Gasteiger partial charge in [-0.25, -0.2) is 0 Å². The van der Waals surface area contributed by atoms with Crippen molar-refractivity contribution in [3.63, 3.8) is 0 Å². The minimum atomic E-state index is -3.75. The number of rotatable bonds is 4. The summed E-state index contributed by atoms with van der Waals surface area (Å²) in [4.78, 5) is 11.0. The van der Waals surface area contributed by atoms with E-state index in [1.165, 1.54) is 12.1 Å². The predicted octanol–water partition coefficient (Wildman–Crippen LogP) is 1.81. The van der Waals surface area contributed by atoms with Crippen molar-refractivity contribution in [2.45, 2.75) is 30.8 Å². The molecule has 2 aliphatic rings. The fourth-order valence-corrected chi connectivity index (χ4v) is 4.27. The van der Waals surface area contributed by atoms with Gasteiger partial charge < -0.3 is 5.11 Å². The number of hydrogen-bond acceptors (Lipinski definition) is 4. The van der Waals surface area contributed by atoms with Crippen molar-refractivity contribution in [3.8, 4) is 0 Å². The van der Waals surface area contributed by atoms with Crippen LogP contribution < -0.4 is 0 Å². The molecule has 0 bridgehead atoms. The van der Waals surface area contributed by atoms with Crippen LogP contribution in [0.4, 0.5) is 0 Å². The van der Waals surface area contributed by atoms with E-state index in [0.29, 0.717) is 12.8 Å². The van der Waals surface area contributed by atoms with Gasteiger partial charge in [-0.15, -0.1) is 0 Å². The van der Waals surface area contributed by atoms with E-state index >= 15 is 0 Å². The smallest absolute Gasteiger partial charge is 0.307 e. The third-order valence-corrected chi connectivity index (χ3v) is 5.63. The molecule has 4 atom stereocenters. The first kappa shape index (κ1) is 13.6. The topological polar surface area (TPSA) is 80.7 Å². The van der Waals surface area contributed by atoms with E-state index in [4.69, 9.17) is 9.29 Å². The molecule has 0 aliphatic heterocycles. The summed E-state index contributed by atoms with van der Waals surface area (Å²) < 4.78 is 29.4. The molecule has 2 fully saturated rings. The summed E-state index contributed by atoms with van der Waals surface area (Å²) >= 11 is 0. The molecule has 2 unspecified atom stereocenters. The van der Waals surface area contributed by atoms with Crippen molar-refractivity contribution in [2.24, 2.45) is 17.8 Å². The van der Waals surface area contributed by atoms with Gasteiger partial charge in [0.2, 0.25) is 0 Å². The van der Waals surface area contributed by atoms with Gasteiger partial charge in [0.1, 0.15) is 0 Å². The Labute approximate surface area is 117 Å². The Hall–Kier alpha value is -1.40. The van der Waals surface area contributed by atoms with E-state index in [-0.39, 0.29) is 28.8 Å². The number of aryl methyl sites for hydroxylation is 1. The normalized spacial score (nSPS) is 31.9. The second-order valence-corrected chi connectivity index (χ2v) is 7.22. The molecule has 1 aromatic carbocycles. The molecule has 2 saturated carbocycles. The molecular weight excluding hydrogens is 280 g/mol. The van der Waals surface area contributed by atoms with Crippen LogP contribution in [0, 0.1) is 24.7 Å². The lowest BCUT2D eigenvalue weighted by Gasteiger charge is -2.14. The van der Waals surface area contributed by atoms with Gasteiger partial charge in [0.15, 0.2) is 0 Å². The van der Waals surface area contributed by atoms with Crippen LogP contribution in [0.5, 0.6) is 0 Å². The van der Waals surface area contributed by atoms with Crippen LogP contribution in [0.25, 0.3) is 0 Å². The molecule has 0 saturated heterocycles. The second-order valence-electron chi connectivity index (χ2n) is 5.65. The molecule has 0 heterocycles. The largest absolute Gasteiger partial charge is 0.481 e. The zero-order chi connectivity index (χ0) is 14.5. The molecule has 0 spiro atoms. The Balaban J connectivity index is 1.65. The summed E-state index contributed by atoms with van der Waals surface area (Å²) in [5.74, 6) is -0.895. The van der Waals surface area contributed by atoms with Crippen molar-refractivity contribution in [3.05, 3.63) is 29.8 Å². The Morgan fingerprint density at radius 3 is 2.25 bits per heavy atom. The number of benzene rings is 1. The molecule has 1 aromatic rings. The van der Waals surface area contributed by atoms with Gasteiger partial charge in [0, 0.05) is 0 Å². The van der Waals surface area contributed by atoms with Crippen LogP contribution in [-0.4, -0.2) is 25.6 Å². The first-order chi connectivity index (χ1) is 9.38. The van der Waals surface area contributed by atoms with Gasteiger partial charge in [-0.1, -0.05) is 17.7 Å². The summed E-state index contributed by atoms with van der Waals surface area (Å²) in [6.45, 7) is 1.88. The predicted molar refractivity (Wildman–Crippen MR) is 70.6 cm³/mol. The highest BCUT2D eigenvalue weighted by Gasteiger charge is 2.60. The van der Waals surface area contributed by atoms with Crippen molar-refractivity contribution in [2.75, 3.05) is 0 Å². The summed E-state index contributed by atoms with van der Waals surface area (Å²) in [5, 5.41) is 8.92. The van der Waals surface area contributed by atoms with Crippen molar-refractivity contribution >= 4 is 16.1 Å². The number of carbonyl (C=O) groups is 1. The van der Waals surface area contributed by atoms with E-state index in [1.807, 2.05) is 6.92 Å². The molecule has 5 nitrogen and oxygen atoms in total. The maximum Gasteiger partial charge on any atom is 0.307 e. The quantitative estimate of drug-likeness (QED) is 0.857. The standard InChI is InChI=1S/C14H16O5S/c1-8-2-4-10(5-3-8)20(17,18)19-9-6-11-12(7-9)13(11)14(15)16/h2-5,9,11-13H,6-7H2,1H3,(H,15,16)/t9?,11-,12+,13?. The minimum Gasteiger partial charge on any atom is -0.481 e. The number of carboxylic acid groups (broad SMARTS) is 1. The third-order valence-electron chi connectivity index (χ3n) is 4.26. The van der Waals surface area contributed by atoms with Crippen LogP contribution in [0.2, 0.25) is 0 Å². The van der Waals surface area contributed by atoms with Crippen molar-refractivity contribution in [1.29, 1.82) is 0 Å². The molecule has 6 heteroatoms. The fourth-order valence-electron chi connectivity index (χ4n) is 3.18. The molecule has 1 N–H and O–H groups in total. The second kappa shape index (κ2) is 4.56. The van der Waals surface area contributed by atoms with E-state index in [0.717, 1.165) is 5.56 Å². The van der Waals surface area contributed by atoms with Gasteiger partial charge >= 0.3 is 5.97 Å². The van der Waals surface area contributed by atoms with E-state index < -0.39 is 16.1 Å². The van der Waals surface area contributed by atoms with Crippen LogP contribution >= 0.6 is 0 Å². The van der Waals surface area contributed by atoms with Gasteiger partial charge in [0.25, 0.3) is 10.1 Å². The highest BCUT2D eigenvalue weighted by molar-refractivity contribution is 7.86. The number of hydrogen-bond donors (Lipinski definition) is 1. The van der Waals surface area contributed by atoms with Gasteiger partial charge in [-0.3, -0.25) is 8.98 Å². The lowest BCUT2D eigenvalue weighted by Crippen LogP contribution is -2.19. The van der Waals surface area contributed by atoms with E-state index in [9.17, 15) is 13.2 Å². The first-order valence-electron chi connectivity index (χ1n) is 6.61. The van der Waals surface area contributed by atoms with Crippen LogP contribution in [0.15, 0.2) is 29.2 Å². The zero-order valence-corrected chi connectivity index (χ0v) is 11.8. The van der Waals surface area contributed by atoms with Gasteiger partial charge in [0.05, 0.1) is 16.9 Å². The molecule has 0 radical (unpaired) electrons. The van der Waals surface area contributed by atoms with Gasteiger partial charge in [-0.2, -0.15) is 8.42 Å². The van der Waals surface area contributed by atoms with Crippen molar-refractivity contribution < 1.29 is 22.5 Å². The SMILES string of the molecule is Cc1ccc(S(=O)(=O)OC2C[C@@H]3C(C(=O)O)[C@@H]3C2)cc1. The highest BCUT2D eigenvalue weighted by Crippen LogP contribution is 2.58. The molecular formula is C14H16O5S. The first-order valence-corrected chi connectivity index (χ1v) is 8.02. The Kier molecular flexibility index (Phi) is 3.10. The number of fused-ring (bicyclic) bond motifs is 1. The fraction of sp³-hybridized carbons (Fsp3) is 0.500. The van der Waals surface area contributed by atoms with Crippen LogP contribution in [-0.2, 0) is 19.1 Å². The maximum atomic E-state index is 12.1. The molecule has 3 rings (SSSR count). The average molecular weight is 296 g/mol. The molecule has 108 valence electrons. The lowest BCUT2D eigenvalue weighted by molar-refractivity contribution is -0.139. The molecule has 20 heavy (non-hydrogen) atoms. The van der Waals surface area contributed by atoms with Crippen molar-refractivity contribution in [1.82, 2.24) is 0 Å². The highest BCUT2D eigenvalue weighted by atomic mass is 32.2. The number of aliphatic carboxylic acids is 1. The Morgan fingerprint density at radius 2 is 1.75 bits per heavy atom. The van der Waals surface area contributed by atoms with E-state index in [2.05, 4.69) is 0 Å². The Morgan fingerprint density at radius 1 is 1.20 bits per heavy atom. The number of carboxylic acids is 1. The molecule has 0 aromatic heterocycles. The summed E-state index contributed by atoms with van der Waals surface area (Å²) in [5.41, 5.74) is 0.982. The molecule has 0 amide bonds. The van der Waals surface area contributed by atoms with Crippen LogP contribution in [0.1, 0.15) is 18.4 Å². The average Bonchev–Trinajstić information content (AvgIpc) is 2.88. The maximum absolute atomic E-state index is 12.1. The minimum absolute atomic E-state index is 0.0886. The molecule has 2 aliphatic carbocycles. The van der Waals surface area contributed by atoms with Crippen LogP contribution in [0.3, 0.4) is 0 Å². The lowest BCUT2D eigenvalue weighted by atomic mass is 10.1. The summed E-state index contributed by atoms with van der Waals surface area (Å²) in [6.07, 6.45) is 0.659. The summed E-state index contributed by atoms with van der Waals surface area (Å²) in [7, 11) is -3.75. The van der Waals surface area contributed by atoms with Gasteiger partial charge in [-0.05, 0) is 43.7 Å².